The Morgan fingerprint density at radius 2 is 1.66 bits per heavy atom. The average molecular weight is 565 g/mol. The molecule has 5 rings (SSSR count). The fourth-order valence-corrected chi connectivity index (χ4v) is 6.90. The van der Waals surface area contributed by atoms with Crippen molar-refractivity contribution in [2.75, 3.05) is 14.1 Å². The van der Waals surface area contributed by atoms with E-state index in [4.69, 9.17) is 5.73 Å². The molecule has 0 heterocycles. The summed E-state index contributed by atoms with van der Waals surface area (Å²) in [6.45, 7) is 1.64. The van der Waals surface area contributed by atoms with Crippen LogP contribution in [-0.4, -0.2) is 81.1 Å². The highest BCUT2D eigenvalue weighted by molar-refractivity contribution is 6.32. The predicted molar refractivity (Wildman–Crippen MR) is 143 cm³/mol. The normalized spacial score (nSPS) is 33.1. The van der Waals surface area contributed by atoms with Crippen molar-refractivity contribution in [1.82, 2.24) is 4.90 Å². The van der Waals surface area contributed by atoms with E-state index in [9.17, 15) is 43.7 Å². The number of aromatic hydroxyl groups is 1. The van der Waals surface area contributed by atoms with E-state index in [2.05, 4.69) is 0 Å². The number of rotatable bonds is 4. The van der Waals surface area contributed by atoms with Gasteiger partial charge >= 0.3 is 0 Å². The van der Waals surface area contributed by atoms with Gasteiger partial charge in [0.05, 0.1) is 29.5 Å². The zero-order chi connectivity index (χ0) is 30.1. The van der Waals surface area contributed by atoms with Gasteiger partial charge in [-0.15, -0.1) is 0 Å². The van der Waals surface area contributed by atoms with Crippen molar-refractivity contribution in [3.8, 4) is 5.75 Å². The van der Waals surface area contributed by atoms with Gasteiger partial charge in [0, 0.05) is 11.5 Å². The number of benzene rings is 2. The number of likely N-dealkylation sites (N-methyl/N-ethyl adjacent to an activating group) is 1. The van der Waals surface area contributed by atoms with Crippen LogP contribution >= 0.6 is 0 Å². The SMILES string of the molecule is C[C@H]1c2ccc(/C=C/c3ccc(F)cc3)c(O)c2C(=O)C2C(=O)[C@]3(O)C(=O)C(C(N)=O)C(=O)[C@@H](N(C)C)[C@@H]3[C@@H](O)[C@@H]21. The number of amides is 1. The number of aliphatic hydroxyl groups excluding tert-OH is 1. The van der Waals surface area contributed by atoms with E-state index in [0.717, 1.165) is 0 Å². The zero-order valence-corrected chi connectivity index (χ0v) is 22.4. The highest BCUT2D eigenvalue weighted by Crippen LogP contribution is 2.54. The van der Waals surface area contributed by atoms with E-state index in [0.29, 0.717) is 11.1 Å². The fraction of sp³-hybridized carbons (Fsp3) is 0.367. The van der Waals surface area contributed by atoms with Crippen molar-refractivity contribution in [3.63, 3.8) is 0 Å². The summed E-state index contributed by atoms with van der Waals surface area (Å²) in [5.41, 5.74) is 3.25. The molecule has 3 aliphatic rings. The summed E-state index contributed by atoms with van der Waals surface area (Å²) in [6.07, 6.45) is 1.40. The molecule has 3 aliphatic carbocycles. The second-order valence-corrected chi connectivity index (χ2v) is 11.2. The van der Waals surface area contributed by atoms with Gasteiger partial charge in [-0.25, -0.2) is 4.39 Å². The molecule has 2 aromatic carbocycles. The lowest BCUT2D eigenvalue weighted by atomic mass is 9.49. The molecule has 0 aliphatic heterocycles. The Hall–Kier alpha value is -4.06. The average Bonchev–Trinajstić information content (AvgIpc) is 2.90. The first kappa shape index (κ1) is 28.5. The van der Waals surface area contributed by atoms with Gasteiger partial charge in [-0.1, -0.05) is 43.3 Å². The number of halogens is 1. The van der Waals surface area contributed by atoms with E-state index >= 15 is 0 Å². The molecule has 2 unspecified atom stereocenters. The second-order valence-electron chi connectivity index (χ2n) is 11.2. The summed E-state index contributed by atoms with van der Waals surface area (Å²) >= 11 is 0. The molecule has 41 heavy (non-hydrogen) atoms. The maximum absolute atomic E-state index is 14.0. The third-order valence-corrected chi connectivity index (χ3v) is 8.85. The summed E-state index contributed by atoms with van der Waals surface area (Å²) in [4.78, 5) is 68.0. The highest BCUT2D eigenvalue weighted by atomic mass is 19.1. The number of aliphatic hydroxyl groups is 2. The number of hydrogen-bond acceptors (Lipinski definition) is 9. The van der Waals surface area contributed by atoms with E-state index in [1.54, 1.807) is 25.1 Å². The monoisotopic (exact) mass is 564 g/mol. The first-order chi connectivity index (χ1) is 19.2. The Balaban J connectivity index is 1.63. The van der Waals surface area contributed by atoms with Crippen LogP contribution in [0.25, 0.3) is 12.2 Å². The molecular weight excluding hydrogens is 535 g/mol. The lowest BCUT2D eigenvalue weighted by molar-refractivity contribution is -0.196. The Morgan fingerprint density at radius 1 is 1.02 bits per heavy atom. The number of nitrogens with zero attached hydrogens (tertiary/aromatic N) is 1. The van der Waals surface area contributed by atoms with E-state index in [1.807, 2.05) is 0 Å². The molecule has 10 nitrogen and oxygen atoms in total. The summed E-state index contributed by atoms with van der Waals surface area (Å²) in [5.74, 6) is -14.2. The van der Waals surface area contributed by atoms with Gasteiger partial charge in [0.25, 0.3) is 0 Å². The van der Waals surface area contributed by atoms with Crippen LogP contribution in [0.2, 0.25) is 0 Å². The van der Waals surface area contributed by atoms with Crippen molar-refractivity contribution in [1.29, 1.82) is 0 Å². The van der Waals surface area contributed by atoms with Crippen LogP contribution in [0.1, 0.15) is 39.9 Å². The number of carbonyl (C=O) groups is 5. The third-order valence-electron chi connectivity index (χ3n) is 8.85. The van der Waals surface area contributed by atoms with Crippen molar-refractivity contribution < 1.29 is 43.7 Å². The summed E-state index contributed by atoms with van der Waals surface area (Å²) in [6, 6.07) is 7.28. The number of nitrogens with two attached hydrogens (primary N) is 1. The number of phenolic OH excluding ortho intramolecular Hbond substituents is 1. The van der Waals surface area contributed by atoms with Crippen LogP contribution in [0.3, 0.4) is 0 Å². The minimum absolute atomic E-state index is 0.197. The molecule has 1 amide bonds. The zero-order valence-electron chi connectivity index (χ0n) is 22.4. The number of fused-ring (bicyclic) bond motifs is 3. The maximum Gasteiger partial charge on any atom is 0.235 e. The van der Waals surface area contributed by atoms with Crippen LogP contribution in [-0.2, 0) is 19.2 Å². The molecule has 11 heteroatoms. The molecule has 214 valence electrons. The van der Waals surface area contributed by atoms with E-state index in [1.165, 1.54) is 49.3 Å². The Labute approximate surface area is 234 Å². The molecule has 0 aromatic heterocycles. The van der Waals surface area contributed by atoms with Crippen molar-refractivity contribution in [3.05, 3.63) is 64.5 Å². The number of ketones is 4. The second kappa shape index (κ2) is 9.79. The quantitative estimate of drug-likeness (QED) is 0.308. The van der Waals surface area contributed by atoms with Crippen LogP contribution < -0.4 is 5.73 Å². The molecule has 2 aromatic rings. The molecular formula is C30H29FN2O8. The molecule has 2 fully saturated rings. The highest BCUT2D eigenvalue weighted by Gasteiger charge is 2.72. The lowest BCUT2D eigenvalue weighted by Gasteiger charge is -2.56. The minimum atomic E-state index is -3.05. The van der Waals surface area contributed by atoms with Crippen molar-refractivity contribution in [2.24, 2.45) is 29.4 Å². The van der Waals surface area contributed by atoms with Crippen LogP contribution in [0, 0.1) is 29.5 Å². The van der Waals surface area contributed by atoms with Crippen molar-refractivity contribution in [2.45, 2.75) is 30.6 Å². The number of hydrogen-bond donors (Lipinski definition) is 4. The lowest BCUT2D eigenvalue weighted by Crippen LogP contribution is -2.77. The Morgan fingerprint density at radius 3 is 2.24 bits per heavy atom. The predicted octanol–water partition coefficient (Wildman–Crippen LogP) is 0.708. The molecule has 0 bridgehead atoms. The van der Waals surface area contributed by atoms with Crippen LogP contribution in [0.15, 0.2) is 36.4 Å². The standard InChI is InChI=1S/C30H29FN2O8/c1-12-16-11-8-14(7-4-13-5-9-15(31)10-6-13)23(34)18(16)24(35)19-17(12)25(36)21-22(33(2)3)26(37)20(29(32)40)28(39)30(21,41)27(19)38/h4-12,17,19-22,25,34,36,41H,1-3H3,(H2,32,40)/b7-4+/t12-,17+,19?,20?,21+,22-,25-,30-/m0/s1. The minimum Gasteiger partial charge on any atom is -0.507 e. The summed E-state index contributed by atoms with van der Waals surface area (Å²) in [5, 5.41) is 34.5. The molecule has 8 atom stereocenters. The summed E-state index contributed by atoms with van der Waals surface area (Å²) in [7, 11) is 2.87. The third kappa shape index (κ3) is 3.98. The number of carbonyl (C=O) groups excluding carboxylic acids is 5. The van der Waals surface area contributed by atoms with E-state index < -0.39 is 87.9 Å². The van der Waals surface area contributed by atoms with Gasteiger partial charge in [-0.3, -0.25) is 28.9 Å². The number of Topliss-reactive ketones (excluding diaryl/α,β-unsaturated/α-hetero) is 4. The Bertz CT molecular complexity index is 1530. The van der Waals surface area contributed by atoms with Gasteiger partial charge < -0.3 is 21.1 Å². The number of phenols is 1. The number of primary amides is 1. The first-order valence-electron chi connectivity index (χ1n) is 13.1. The van der Waals surface area contributed by atoms with Gasteiger partial charge in [0.1, 0.15) is 11.6 Å². The van der Waals surface area contributed by atoms with Gasteiger partial charge in [0.2, 0.25) is 5.91 Å². The Kier molecular flexibility index (Phi) is 6.80. The summed E-state index contributed by atoms with van der Waals surface area (Å²) < 4.78 is 13.2. The van der Waals surface area contributed by atoms with Crippen molar-refractivity contribution >= 4 is 41.2 Å². The van der Waals surface area contributed by atoms with Crippen LogP contribution in [0.5, 0.6) is 5.75 Å². The largest absolute Gasteiger partial charge is 0.507 e. The maximum atomic E-state index is 14.0. The first-order valence-corrected chi connectivity index (χ1v) is 13.1. The molecule has 5 N–H and O–H groups in total. The molecule has 0 spiro atoms. The van der Waals surface area contributed by atoms with Crippen LogP contribution in [0.4, 0.5) is 4.39 Å². The van der Waals surface area contributed by atoms with Gasteiger partial charge in [-0.05, 0) is 43.3 Å². The van der Waals surface area contributed by atoms with E-state index in [-0.39, 0.29) is 11.1 Å². The molecule has 0 radical (unpaired) electrons. The smallest absolute Gasteiger partial charge is 0.235 e. The molecule has 0 saturated heterocycles. The van der Waals surface area contributed by atoms with Gasteiger partial charge in [0.15, 0.2) is 34.7 Å². The van der Waals surface area contributed by atoms with Gasteiger partial charge in [-0.2, -0.15) is 0 Å². The fourth-order valence-electron chi connectivity index (χ4n) is 6.90. The molecule has 2 saturated carbocycles. The topological polar surface area (TPSA) is 175 Å².